The molecule has 0 aliphatic heterocycles. The normalized spacial score (nSPS) is 22.4. The van der Waals surface area contributed by atoms with Gasteiger partial charge in [0.05, 0.1) is 6.61 Å². The summed E-state index contributed by atoms with van der Waals surface area (Å²) in [7, 11) is -10.8. The Hall–Kier alpha value is -2.89. The minimum absolute atomic E-state index is 0.00645. The van der Waals surface area contributed by atoms with Gasteiger partial charge in [0.25, 0.3) is 0 Å². The first-order chi connectivity index (χ1) is 30.5. The van der Waals surface area contributed by atoms with Crippen LogP contribution in [0.5, 0.6) is 0 Å². The average molecular weight is 949 g/mol. The second-order valence-corrected chi connectivity index (χ2v) is 18.0. The Balaban J connectivity index is 2.73. The number of esters is 2. The first-order valence-corrected chi connectivity index (χ1v) is 25.5. The van der Waals surface area contributed by atoms with Crippen LogP contribution in [0.3, 0.4) is 0 Å². The van der Waals surface area contributed by atoms with E-state index in [2.05, 4.69) is 60.9 Å². The number of rotatable bonds is 36. The molecule has 0 radical (unpaired) electrons. The number of hydrogen-bond acceptors (Lipinski definition) is 14. The summed E-state index contributed by atoms with van der Waals surface area (Å²) in [5.74, 6) is -1.73. The third-order valence-corrected chi connectivity index (χ3v) is 11.2. The van der Waals surface area contributed by atoms with E-state index in [9.17, 15) is 48.8 Å². The molecule has 1 fully saturated rings. The van der Waals surface area contributed by atoms with Gasteiger partial charge in [0, 0.05) is 19.3 Å². The number of ether oxygens (including phenoxy) is 2. The van der Waals surface area contributed by atoms with Crippen molar-refractivity contribution in [1.29, 1.82) is 0 Å². The largest absolute Gasteiger partial charge is 0.472 e. The van der Waals surface area contributed by atoms with E-state index in [1.165, 1.54) is 25.3 Å². The van der Waals surface area contributed by atoms with Crippen LogP contribution in [0.4, 0.5) is 0 Å². The minimum atomic E-state index is -5.39. The van der Waals surface area contributed by atoms with Gasteiger partial charge in [0.1, 0.15) is 43.2 Å². The molecule has 0 heterocycles. The highest BCUT2D eigenvalue weighted by molar-refractivity contribution is 7.47. The summed E-state index contributed by atoms with van der Waals surface area (Å²) in [6.45, 7) is 2.77. The number of carbonyl (C=O) groups is 3. The summed E-state index contributed by atoms with van der Waals surface area (Å²) < 4.78 is 49.0. The van der Waals surface area contributed by atoms with Crippen LogP contribution in [0, 0.1) is 0 Å². The Kier molecular flexibility index (Phi) is 32.6. The highest BCUT2D eigenvalue weighted by atomic mass is 31.2. The van der Waals surface area contributed by atoms with Gasteiger partial charge in [-0.3, -0.25) is 28.0 Å². The van der Waals surface area contributed by atoms with E-state index < -0.39 is 83.5 Å². The number of phosphoric acid groups is 2. The fourth-order valence-electron chi connectivity index (χ4n) is 6.19. The first-order valence-electron chi connectivity index (χ1n) is 22.4. The number of aliphatic hydroxyl groups is 4. The Labute approximate surface area is 378 Å². The number of hydrogen-bond donors (Lipinski definition) is 7. The maximum atomic E-state index is 13.0. The molecule has 0 saturated heterocycles. The van der Waals surface area contributed by atoms with Gasteiger partial charge in [-0.25, -0.2) is 9.13 Å². The zero-order chi connectivity index (χ0) is 47.6. The molecule has 0 spiro atoms. The fourth-order valence-corrected chi connectivity index (χ4v) is 7.73. The lowest BCUT2D eigenvalue weighted by Gasteiger charge is -2.43. The van der Waals surface area contributed by atoms with E-state index >= 15 is 0 Å². The summed E-state index contributed by atoms with van der Waals surface area (Å²) in [6, 6.07) is 0. The number of allylic oxidation sites excluding steroid dienone is 12. The fraction of sp³-hybridized carbons (Fsp3) is 0.667. The summed E-state index contributed by atoms with van der Waals surface area (Å²) in [5.41, 5.74) is 0. The average Bonchev–Trinajstić information content (AvgIpc) is 3.24. The van der Waals surface area contributed by atoms with Gasteiger partial charge in [0.15, 0.2) is 11.9 Å². The van der Waals surface area contributed by atoms with Crippen molar-refractivity contribution < 1.29 is 81.7 Å². The number of unbranched alkanes of at least 4 members (excludes halogenated alkanes) is 9. The van der Waals surface area contributed by atoms with Crippen LogP contribution in [0.2, 0.25) is 0 Å². The van der Waals surface area contributed by atoms with E-state index in [0.29, 0.717) is 12.8 Å². The highest BCUT2D eigenvalue weighted by Gasteiger charge is 2.54. The van der Waals surface area contributed by atoms with Crippen molar-refractivity contribution in [3.8, 4) is 0 Å². The molecule has 64 heavy (non-hydrogen) atoms. The van der Waals surface area contributed by atoms with Crippen molar-refractivity contribution >= 4 is 33.4 Å². The predicted octanol–water partition coefficient (Wildman–Crippen LogP) is 7.24. The van der Waals surface area contributed by atoms with Crippen LogP contribution in [-0.2, 0) is 46.6 Å². The maximum absolute atomic E-state index is 13.0. The van der Waals surface area contributed by atoms with Crippen LogP contribution in [0.15, 0.2) is 72.9 Å². The molecule has 0 aromatic carbocycles. The zero-order valence-corrected chi connectivity index (χ0v) is 39.2. The molecular weight excluding hydrogens is 874 g/mol. The number of phosphoric ester groups is 2. The Morgan fingerprint density at radius 1 is 0.547 bits per heavy atom. The standard InChI is InChI=1S/C45H74O17P2/c1-3-5-7-9-11-13-15-17-19-21-23-25-27-30-36(46)31-29-33-39(48)60-37(34-58-38(47)32-28-26-24-22-20-18-16-14-12-10-8-6-4-2)35-59-64(56,57)62-45-42(51)40(49)41(50)44(43(45)52)61-63(53,54)55/h8,10-11,13-14,16-17,19,23,25,27,30,37,40-45,49-52H,3-7,9,12,15,18,20-22,24,26,28-29,31-35H2,1-2H3,(H,56,57)(H2,53,54,55)/b10-8-,13-11-,16-14-,19-17-,25-23-,30-27+/t37-,40?,41?,42?,43?,44-,45+/m1/s1. The van der Waals surface area contributed by atoms with Crippen LogP contribution >= 0.6 is 15.6 Å². The molecule has 19 heteroatoms. The van der Waals surface area contributed by atoms with Crippen LogP contribution in [-0.4, -0.2) is 109 Å². The molecule has 8 atom stereocenters. The SMILES string of the molecule is CCC/C=C\C/C=C\CCCCCCCC(=O)OC[C@H](COP(=O)(O)O[C@H]1C(O)C(O)C(O)[C@@H](OP(=O)(O)O)C1O)OC(=O)CCCC(=O)/C=C/C=C\C/C=C\C/C=C\CCCCC. The molecule has 0 bridgehead atoms. The molecule has 0 aromatic heterocycles. The Morgan fingerprint density at radius 3 is 1.72 bits per heavy atom. The molecule has 1 aliphatic rings. The van der Waals surface area contributed by atoms with E-state index in [4.69, 9.17) is 28.3 Å². The second-order valence-electron chi connectivity index (χ2n) is 15.4. The summed E-state index contributed by atoms with van der Waals surface area (Å²) in [4.78, 5) is 66.5. The molecule has 366 valence electrons. The molecule has 0 amide bonds. The van der Waals surface area contributed by atoms with Gasteiger partial charge in [-0.2, -0.15) is 0 Å². The third-order valence-electron chi connectivity index (χ3n) is 9.71. The minimum Gasteiger partial charge on any atom is -0.462 e. The third kappa shape index (κ3) is 29.6. The Bertz CT molecular complexity index is 1590. The van der Waals surface area contributed by atoms with Gasteiger partial charge >= 0.3 is 27.6 Å². The summed E-state index contributed by atoms with van der Waals surface area (Å²) in [6.07, 6.45) is 23.0. The van der Waals surface area contributed by atoms with Crippen molar-refractivity contribution in [1.82, 2.24) is 0 Å². The lowest BCUT2D eigenvalue weighted by molar-refractivity contribution is -0.216. The van der Waals surface area contributed by atoms with Crippen molar-refractivity contribution in [2.45, 2.75) is 179 Å². The number of ketones is 1. The molecule has 17 nitrogen and oxygen atoms in total. The lowest BCUT2D eigenvalue weighted by Crippen LogP contribution is -2.64. The van der Waals surface area contributed by atoms with Gasteiger partial charge < -0.3 is 44.6 Å². The van der Waals surface area contributed by atoms with E-state index in [0.717, 1.165) is 64.2 Å². The Morgan fingerprint density at radius 2 is 1.09 bits per heavy atom. The first kappa shape index (κ1) is 59.1. The van der Waals surface area contributed by atoms with Gasteiger partial charge in [-0.1, -0.05) is 119 Å². The zero-order valence-electron chi connectivity index (χ0n) is 37.4. The van der Waals surface area contributed by atoms with E-state index in [1.54, 1.807) is 12.2 Å². The predicted molar refractivity (Wildman–Crippen MR) is 241 cm³/mol. The highest BCUT2D eigenvalue weighted by Crippen LogP contribution is 2.49. The topological polar surface area (TPSA) is 273 Å². The number of carbonyl (C=O) groups excluding carboxylic acids is 3. The summed E-state index contributed by atoms with van der Waals surface area (Å²) >= 11 is 0. The van der Waals surface area contributed by atoms with Gasteiger partial charge in [0.2, 0.25) is 0 Å². The van der Waals surface area contributed by atoms with Gasteiger partial charge in [-0.15, -0.1) is 0 Å². The molecular formula is C45H74O17P2. The molecule has 0 aromatic rings. The van der Waals surface area contributed by atoms with Crippen LogP contribution < -0.4 is 0 Å². The van der Waals surface area contributed by atoms with E-state index in [1.807, 2.05) is 12.2 Å². The monoisotopic (exact) mass is 948 g/mol. The van der Waals surface area contributed by atoms with Crippen LogP contribution in [0.1, 0.15) is 136 Å². The van der Waals surface area contributed by atoms with Crippen molar-refractivity contribution in [2.75, 3.05) is 13.2 Å². The second kappa shape index (κ2) is 35.3. The molecule has 5 unspecified atom stereocenters. The van der Waals surface area contributed by atoms with Gasteiger partial charge in [-0.05, 0) is 70.3 Å². The summed E-state index contributed by atoms with van der Waals surface area (Å²) in [5, 5.41) is 41.2. The molecule has 1 aliphatic carbocycles. The number of aliphatic hydroxyl groups excluding tert-OH is 4. The van der Waals surface area contributed by atoms with Crippen molar-refractivity contribution in [3.63, 3.8) is 0 Å². The smallest absolute Gasteiger partial charge is 0.462 e. The van der Waals surface area contributed by atoms with Crippen molar-refractivity contribution in [2.24, 2.45) is 0 Å². The van der Waals surface area contributed by atoms with E-state index in [-0.39, 0.29) is 31.5 Å². The maximum Gasteiger partial charge on any atom is 0.472 e. The quantitative estimate of drug-likeness (QED) is 0.00814. The van der Waals surface area contributed by atoms with Crippen molar-refractivity contribution in [3.05, 3.63) is 72.9 Å². The lowest BCUT2D eigenvalue weighted by atomic mass is 9.85. The molecule has 7 N–H and O–H groups in total. The molecule has 1 saturated carbocycles. The van der Waals surface area contributed by atoms with Crippen LogP contribution in [0.25, 0.3) is 0 Å². The molecule has 1 rings (SSSR count).